The van der Waals surface area contributed by atoms with Crippen LogP contribution in [0.4, 0.5) is 5.82 Å². The van der Waals surface area contributed by atoms with Gasteiger partial charge in [-0.05, 0) is 48.0 Å². The molecule has 0 fully saturated rings. The Hall–Kier alpha value is -2.02. The van der Waals surface area contributed by atoms with Gasteiger partial charge in [0.15, 0.2) is 5.69 Å². The zero-order valence-corrected chi connectivity index (χ0v) is 13.6. The molecule has 0 aliphatic carbocycles. The van der Waals surface area contributed by atoms with Crippen LogP contribution in [0.3, 0.4) is 0 Å². The number of esters is 1. The van der Waals surface area contributed by atoms with E-state index < -0.39 is 5.97 Å². The minimum atomic E-state index is -0.524. The van der Waals surface area contributed by atoms with Gasteiger partial charge in [0.05, 0.1) is 23.9 Å². The third kappa shape index (κ3) is 2.87. The summed E-state index contributed by atoms with van der Waals surface area (Å²) in [4.78, 5) is 16.0. The summed E-state index contributed by atoms with van der Waals surface area (Å²) in [5.41, 5.74) is 6.95. The first-order chi connectivity index (χ1) is 9.99. The first-order valence-electron chi connectivity index (χ1n) is 6.35. The fourth-order valence-corrected chi connectivity index (χ4v) is 2.55. The number of nitrogens with two attached hydrogens (primary N) is 1. The molecule has 0 saturated carbocycles. The number of methoxy groups -OCH3 is 1. The minimum Gasteiger partial charge on any atom is -0.496 e. The molecule has 0 atom stereocenters. The van der Waals surface area contributed by atoms with Crippen molar-refractivity contribution in [1.29, 1.82) is 0 Å². The molecule has 0 unspecified atom stereocenters. The number of nitrogens with zero attached hydrogens (tertiary/aromatic N) is 2. The number of anilines is 1. The summed E-state index contributed by atoms with van der Waals surface area (Å²) >= 11 is 3.42. The average Bonchev–Trinajstić information content (AvgIpc) is 2.74. The van der Waals surface area contributed by atoms with E-state index in [-0.39, 0.29) is 18.1 Å². The smallest absolute Gasteiger partial charge is 0.360 e. The van der Waals surface area contributed by atoms with E-state index in [0.717, 1.165) is 10.2 Å². The predicted octanol–water partition coefficient (Wildman–Crippen LogP) is 2.71. The summed E-state index contributed by atoms with van der Waals surface area (Å²) in [6.07, 6.45) is 0. The molecule has 112 valence electrons. The number of benzene rings is 1. The molecule has 0 saturated heterocycles. The van der Waals surface area contributed by atoms with Crippen LogP contribution in [0.25, 0.3) is 5.69 Å². The molecule has 1 aromatic heterocycles. The van der Waals surface area contributed by atoms with Crippen LogP contribution in [0.1, 0.15) is 23.2 Å². The van der Waals surface area contributed by atoms with Crippen LogP contribution in [0.15, 0.2) is 22.7 Å². The van der Waals surface area contributed by atoms with Crippen molar-refractivity contribution in [2.75, 3.05) is 19.5 Å². The standard InChI is InChI=1S/C14H16BrN3O3/c1-4-21-14(19)12-13(16)18(8(2)17-12)9-5-6-11(20-3)10(15)7-9/h5-7H,4,16H2,1-3H3. The highest BCUT2D eigenvalue weighted by molar-refractivity contribution is 9.10. The van der Waals surface area contributed by atoms with Crippen molar-refractivity contribution in [3.63, 3.8) is 0 Å². The highest BCUT2D eigenvalue weighted by atomic mass is 79.9. The molecule has 2 N–H and O–H groups in total. The lowest BCUT2D eigenvalue weighted by molar-refractivity contribution is 0.0521. The predicted molar refractivity (Wildman–Crippen MR) is 82.9 cm³/mol. The maximum Gasteiger partial charge on any atom is 0.360 e. The number of rotatable bonds is 4. The molecule has 0 radical (unpaired) electrons. The van der Waals surface area contributed by atoms with E-state index >= 15 is 0 Å². The summed E-state index contributed by atoms with van der Waals surface area (Å²) in [6.45, 7) is 3.79. The number of carbonyl (C=O) groups excluding carboxylic acids is 1. The molecule has 0 amide bonds. The SMILES string of the molecule is CCOC(=O)c1nc(C)n(-c2ccc(OC)c(Br)c2)c1N. The molecular weight excluding hydrogens is 338 g/mol. The molecule has 0 aliphatic rings. The van der Waals surface area contributed by atoms with Gasteiger partial charge in [-0.2, -0.15) is 0 Å². The van der Waals surface area contributed by atoms with Crippen LogP contribution in [0.2, 0.25) is 0 Å². The van der Waals surface area contributed by atoms with Crippen LogP contribution in [0.5, 0.6) is 5.75 Å². The van der Waals surface area contributed by atoms with Crippen molar-refractivity contribution >= 4 is 27.7 Å². The second kappa shape index (κ2) is 6.17. The summed E-state index contributed by atoms with van der Waals surface area (Å²) in [5.74, 6) is 1.04. The number of aromatic nitrogens is 2. The van der Waals surface area contributed by atoms with E-state index in [0.29, 0.717) is 11.6 Å². The number of hydrogen-bond acceptors (Lipinski definition) is 5. The van der Waals surface area contributed by atoms with Crippen LogP contribution in [-0.2, 0) is 4.74 Å². The van der Waals surface area contributed by atoms with Gasteiger partial charge in [0.1, 0.15) is 17.4 Å². The third-order valence-corrected chi connectivity index (χ3v) is 3.56. The maximum absolute atomic E-state index is 11.8. The van der Waals surface area contributed by atoms with Gasteiger partial charge in [-0.25, -0.2) is 9.78 Å². The summed E-state index contributed by atoms with van der Waals surface area (Å²) in [5, 5.41) is 0. The zero-order valence-electron chi connectivity index (χ0n) is 12.0. The second-order valence-electron chi connectivity index (χ2n) is 4.27. The highest BCUT2D eigenvalue weighted by Crippen LogP contribution is 2.29. The zero-order chi connectivity index (χ0) is 15.6. The Balaban J connectivity index is 2.50. The maximum atomic E-state index is 11.8. The number of aryl methyl sites for hydroxylation is 1. The van der Waals surface area contributed by atoms with Crippen LogP contribution < -0.4 is 10.5 Å². The number of hydrogen-bond donors (Lipinski definition) is 1. The minimum absolute atomic E-state index is 0.126. The Morgan fingerprint density at radius 2 is 2.19 bits per heavy atom. The monoisotopic (exact) mass is 353 g/mol. The summed E-state index contributed by atoms with van der Waals surface area (Å²) in [6, 6.07) is 5.49. The number of halogens is 1. The Morgan fingerprint density at radius 3 is 2.76 bits per heavy atom. The van der Waals surface area contributed by atoms with Gasteiger partial charge in [-0.15, -0.1) is 0 Å². The lowest BCUT2D eigenvalue weighted by Crippen LogP contribution is -2.09. The molecule has 7 heteroatoms. The summed E-state index contributed by atoms with van der Waals surface area (Å²) in [7, 11) is 1.59. The van der Waals surface area contributed by atoms with E-state index in [1.807, 2.05) is 18.2 Å². The largest absolute Gasteiger partial charge is 0.496 e. The van der Waals surface area contributed by atoms with Gasteiger partial charge < -0.3 is 15.2 Å². The molecule has 0 spiro atoms. The third-order valence-electron chi connectivity index (χ3n) is 2.94. The number of nitrogen functional groups attached to an aromatic ring is 1. The van der Waals surface area contributed by atoms with Crippen molar-refractivity contribution in [3.05, 3.63) is 34.2 Å². The first kappa shape index (κ1) is 15.4. The molecule has 0 bridgehead atoms. The van der Waals surface area contributed by atoms with E-state index in [4.69, 9.17) is 15.2 Å². The molecule has 1 aromatic carbocycles. The Kier molecular flexibility index (Phi) is 4.52. The van der Waals surface area contributed by atoms with E-state index in [1.54, 1.807) is 25.5 Å². The fourth-order valence-electron chi connectivity index (χ4n) is 2.02. The van der Waals surface area contributed by atoms with Gasteiger partial charge in [0, 0.05) is 0 Å². The number of ether oxygens (including phenoxy) is 2. The molecular formula is C14H16BrN3O3. The number of carbonyl (C=O) groups is 1. The molecule has 0 aliphatic heterocycles. The van der Waals surface area contributed by atoms with Gasteiger partial charge in [0.2, 0.25) is 0 Å². The summed E-state index contributed by atoms with van der Waals surface area (Å²) < 4.78 is 12.6. The Morgan fingerprint density at radius 1 is 1.48 bits per heavy atom. The van der Waals surface area contributed by atoms with Gasteiger partial charge in [0.25, 0.3) is 0 Å². The first-order valence-corrected chi connectivity index (χ1v) is 7.14. The topological polar surface area (TPSA) is 79.4 Å². The van der Waals surface area contributed by atoms with Crippen LogP contribution in [0, 0.1) is 6.92 Å². The van der Waals surface area contributed by atoms with E-state index in [2.05, 4.69) is 20.9 Å². The molecule has 21 heavy (non-hydrogen) atoms. The van der Waals surface area contributed by atoms with E-state index in [1.165, 1.54) is 0 Å². The van der Waals surface area contributed by atoms with Gasteiger partial charge in [-0.3, -0.25) is 4.57 Å². The molecule has 2 rings (SSSR count). The van der Waals surface area contributed by atoms with Gasteiger partial charge >= 0.3 is 5.97 Å². The Bertz CT molecular complexity index is 682. The van der Waals surface area contributed by atoms with Crippen molar-refractivity contribution in [3.8, 4) is 11.4 Å². The van der Waals surface area contributed by atoms with Crippen LogP contribution >= 0.6 is 15.9 Å². The van der Waals surface area contributed by atoms with Gasteiger partial charge in [-0.1, -0.05) is 0 Å². The quantitative estimate of drug-likeness (QED) is 0.854. The molecule has 6 nitrogen and oxygen atoms in total. The normalized spacial score (nSPS) is 10.5. The van der Waals surface area contributed by atoms with Crippen molar-refractivity contribution < 1.29 is 14.3 Å². The molecule has 2 aromatic rings. The highest BCUT2D eigenvalue weighted by Gasteiger charge is 2.20. The van der Waals surface area contributed by atoms with Crippen LogP contribution in [-0.4, -0.2) is 29.2 Å². The fraction of sp³-hybridized carbons (Fsp3) is 0.286. The lowest BCUT2D eigenvalue weighted by atomic mass is 10.3. The van der Waals surface area contributed by atoms with Crippen molar-refractivity contribution in [1.82, 2.24) is 9.55 Å². The van der Waals surface area contributed by atoms with E-state index in [9.17, 15) is 4.79 Å². The average molecular weight is 354 g/mol. The lowest BCUT2D eigenvalue weighted by Gasteiger charge is -2.10. The second-order valence-corrected chi connectivity index (χ2v) is 5.12. The Labute approximate surface area is 131 Å². The van der Waals surface area contributed by atoms with Crippen molar-refractivity contribution in [2.45, 2.75) is 13.8 Å². The molecule has 1 heterocycles. The van der Waals surface area contributed by atoms with Crippen molar-refractivity contribution in [2.24, 2.45) is 0 Å². The number of imidazole rings is 1.